The van der Waals surface area contributed by atoms with E-state index < -0.39 is 5.97 Å². The summed E-state index contributed by atoms with van der Waals surface area (Å²) >= 11 is 1.39. The summed E-state index contributed by atoms with van der Waals surface area (Å²) in [7, 11) is 0. The van der Waals surface area contributed by atoms with Crippen LogP contribution >= 0.6 is 11.3 Å². The van der Waals surface area contributed by atoms with E-state index in [0.29, 0.717) is 23.8 Å². The maximum Gasteiger partial charge on any atom is 0.335 e. The van der Waals surface area contributed by atoms with E-state index in [0.717, 1.165) is 34.2 Å². The number of aryl methyl sites for hydroxylation is 1. The van der Waals surface area contributed by atoms with Crippen molar-refractivity contribution in [3.05, 3.63) is 58.7 Å². The van der Waals surface area contributed by atoms with E-state index >= 15 is 0 Å². The number of thiazole rings is 1. The molecular weight excluding hydrogens is 374 g/mol. The molecule has 4 rings (SSSR count). The quantitative estimate of drug-likeness (QED) is 0.701. The summed E-state index contributed by atoms with van der Waals surface area (Å²) in [6, 6.07) is 10.8. The fourth-order valence-corrected chi connectivity index (χ4v) is 4.73. The summed E-state index contributed by atoms with van der Waals surface area (Å²) in [6.45, 7) is 3.23. The molecule has 3 aromatic rings. The minimum Gasteiger partial charge on any atom is -0.478 e. The van der Waals surface area contributed by atoms with Gasteiger partial charge < -0.3 is 15.7 Å². The third-order valence-electron chi connectivity index (χ3n) is 5.26. The number of aromatic carboxylic acids is 1. The Morgan fingerprint density at radius 2 is 2.07 bits per heavy atom. The van der Waals surface area contributed by atoms with Crippen LogP contribution in [0.3, 0.4) is 0 Å². The molecule has 1 fully saturated rings. The van der Waals surface area contributed by atoms with Crippen LogP contribution in [0.2, 0.25) is 0 Å². The van der Waals surface area contributed by atoms with Gasteiger partial charge in [-0.25, -0.2) is 9.78 Å². The molecule has 0 bridgehead atoms. The molecule has 1 aliphatic rings. The number of amides is 1. The minimum absolute atomic E-state index is 0.00365. The fourth-order valence-electron chi connectivity index (χ4n) is 3.88. The number of nitrogens with zero attached hydrogens (tertiary/aromatic N) is 2. The Bertz CT molecular complexity index is 1080. The highest BCUT2D eigenvalue weighted by Gasteiger charge is 2.26. The number of likely N-dealkylation sites (tertiary alicyclic amines) is 1. The summed E-state index contributed by atoms with van der Waals surface area (Å²) in [5.74, 6) is -0.796. The van der Waals surface area contributed by atoms with E-state index in [1.807, 2.05) is 30.0 Å². The van der Waals surface area contributed by atoms with E-state index in [1.54, 1.807) is 18.2 Å². The zero-order chi connectivity index (χ0) is 19.8. The number of nitrogens with two attached hydrogens (primary N) is 1. The number of aromatic nitrogens is 1. The van der Waals surface area contributed by atoms with Crippen LogP contribution in [0, 0.1) is 6.92 Å². The molecule has 2 aromatic carbocycles. The van der Waals surface area contributed by atoms with Crippen molar-refractivity contribution < 1.29 is 14.7 Å². The topological polar surface area (TPSA) is 96.5 Å². The van der Waals surface area contributed by atoms with Crippen LogP contribution in [0.25, 0.3) is 10.2 Å². The SMILES string of the molecule is Cc1cc(C(=O)N2CCC[C@H](c3cccc(C(=O)O)c3)C2)cc2sc(N)nc12. The van der Waals surface area contributed by atoms with E-state index in [1.165, 1.54) is 11.3 Å². The van der Waals surface area contributed by atoms with E-state index in [9.17, 15) is 14.7 Å². The fraction of sp³-hybridized carbons (Fsp3) is 0.286. The Balaban J connectivity index is 1.58. The lowest BCUT2D eigenvalue weighted by molar-refractivity contribution is 0.0688. The Kier molecular flexibility index (Phi) is 4.77. The number of carboxylic acids is 1. The predicted molar refractivity (Wildman–Crippen MR) is 110 cm³/mol. The molecule has 0 unspecified atom stereocenters. The van der Waals surface area contributed by atoms with Gasteiger partial charge in [0.25, 0.3) is 5.91 Å². The molecule has 2 heterocycles. The number of hydrogen-bond donors (Lipinski definition) is 2. The lowest BCUT2D eigenvalue weighted by Gasteiger charge is -2.33. The summed E-state index contributed by atoms with van der Waals surface area (Å²) in [4.78, 5) is 30.6. The van der Waals surface area contributed by atoms with Crippen molar-refractivity contribution in [2.24, 2.45) is 0 Å². The standard InChI is InChI=1S/C21H21N3O3S/c1-12-8-16(10-17-18(12)23-21(22)28-17)19(25)24-7-3-6-15(11-24)13-4-2-5-14(9-13)20(26)27/h2,4-5,8-10,15H,3,6-7,11H2,1H3,(H2,22,23)(H,26,27)/t15-/m0/s1. The maximum absolute atomic E-state index is 13.1. The highest BCUT2D eigenvalue weighted by Crippen LogP contribution is 2.31. The second-order valence-corrected chi connectivity index (χ2v) is 8.28. The summed E-state index contributed by atoms with van der Waals surface area (Å²) in [5, 5.41) is 9.73. The molecule has 1 saturated heterocycles. The Morgan fingerprint density at radius 3 is 2.86 bits per heavy atom. The maximum atomic E-state index is 13.1. The Hall–Kier alpha value is -2.93. The second-order valence-electron chi connectivity index (χ2n) is 7.21. The number of rotatable bonds is 3. The summed E-state index contributed by atoms with van der Waals surface area (Å²) < 4.78 is 0.920. The number of carboxylic acid groups (broad SMARTS) is 1. The van der Waals surface area contributed by atoms with Crippen LogP contribution in [0.1, 0.15) is 50.6 Å². The van der Waals surface area contributed by atoms with E-state index in [-0.39, 0.29) is 17.4 Å². The molecule has 0 radical (unpaired) electrons. The van der Waals surface area contributed by atoms with Crippen molar-refractivity contribution in [1.29, 1.82) is 0 Å². The lowest BCUT2D eigenvalue weighted by Crippen LogP contribution is -2.39. The number of piperidine rings is 1. The van der Waals surface area contributed by atoms with Crippen molar-refractivity contribution in [1.82, 2.24) is 9.88 Å². The summed E-state index contributed by atoms with van der Waals surface area (Å²) in [5.41, 5.74) is 9.50. The first-order chi connectivity index (χ1) is 13.4. The largest absolute Gasteiger partial charge is 0.478 e. The van der Waals surface area contributed by atoms with Gasteiger partial charge in [0.2, 0.25) is 0 Å². The average molecular weight is 395 g/mol. The van der Waals surface area contributed by atoms with Crippen LogP contribution in [-0.4, -0.2) is 40.0 Å². The first kappa shape index (κ1) is 18.4. The second kappa shape index (κ2) is 7.24. The number of fused-ring (bicyclic) bond motifs is 1. The van der Waals surface area contributed by atoms with Crippen molar-refractivity contribution in [3.8, 4) is 0 Å². The van der Waals surface area contributed by atoms with E-state index in [4.69, 9.17) is 5.73 Å². The van der Waals surface area contributed by atoms with Gasteiger partial charge in [-0.2, -0.15) is 0 Å². The molecule has 28 heavy (non-hydrogen) atoms. The third-order valence-corrected chi connectivity index (χ3v) is 6.09. The van der Waals surface area contributed by atoms with Crippen LogP contribution in [-0.2, 0) is 0 Å². The first-order valence-electron chi connectivity index (χ1n) is 9.21. The smallest absolute Gasteiger partial charge is 0.335 e. The van der Waals surface area contributed by atoms with Crippen LogP contribution in [0.15, 0.2) is 36.4 Å². The molecule has 1 atom stereocenters. The molecule has 7 heteroatoms. The Morgan fingerprint density at radius 1 is 1.25 bits per heavy atom. The number of hydrogen-bond acceptors (Lipinski definition) is 5. The van der Waals surface area contributed by atoms with Gasteiger partial charge >= 0.3 is 5.97 Å². The number of benzene rings is 2. The molecular formula is C21H21N3O3S. The van der Waals surface area contributed by atoms with Crippen molar-refractivity contribution in [2.45, 2.75) is 25.7 Å². The van der Waals surface area contributed by atoms with E-state index in [2.05, 4.69) is 4.98 Å². The molecule has 144 valence electrons. The summed E-state index contributed by atoms with van der Waals surface area (Å²) in [6.07, 6.45) is 1.83. The third kappa shape index (κ3) is 3.45. The lowest BCUT2D eigenvalue weighted by atomic mass is 9.89. The van der Waals surface area contributed by atoms with Gasteiger partial charge in [-0.1, -0.05) is 23.5 Å². The average Bonchev–Trinajstić information content (AvgIpc) is 3.08. The molecule has 1 aliphatic heterocycles. The normalized spacial score (nSPS) is 17.0. The van der Waals surface area contributed by atoms with Gasteiger partial charge in [0.1, 0.15) is 0 Å². The van der Waals surface area contributed by atoms with Gasteiger partial charge in [-0.15, -0.1) is 0 Å². The minimum atomic E-state index is -0.932. The number of carbonyl (C=O) groups excluding carboxylic acids is 1. The molecule has 3 N–H and O–H groups in total. The van der Waals surface area contributed by atoms with Crippen molar-refractivity contribution in [2.75, 3.05) is 18.8 Å². The van der Waals surface area contributed by atoms with Gasteiger partial charge in [-0.05, 0) is 55.2 Å². The number of carbonyl (C=O) groups is 2. The Labute approximate surface area is 166 Å². The molecule has 1 amide bonds. The van der Waals surface area contributed by atoms with Crippen molar-refractivity contribution >= 4 is 38.6 Å². The zero-order valence-electron chi connectivity index (χ0n) is 15.5. The van der Waals surface area contributed by atoms with Crippen LogP contribution < -0.4 is 5.73 Å². The number of nitrogen functional groups attached to an aromatic ring is 1. The predicted octanol–water partition coefficient (Wildman–Crippen LogP) is 3.90. The molecule has 0 aliphatic carbocycles. The molecule has 0 saturated carbocycles. The number of anilines is 1. The van der Waals surface area contributed by atoms with Crippen LogP contribution in [0.5, 0.6) is 0 Å². The van der Waals surface area contributed by atoms with Gasteiger partial charge in [0.15, 0.2) is 5.13 Å². The zero-order valence-corrected chi connectivity index (χ0v) is 16.3. The molecule has 0 spiro atoms. The first-order valence-corrected chi connectivity index (χ1v) is 10.0. The highest BCUT2D eigenvalue weighted by molar-refractivity contribution is 7.22. The van der Waals surface area contributed by atoms with Gasteiger partial charge in [0, 0.05) is 24.6 Å². The van der Waals surface area contributed by atoms with Gasteiger partial charge in [0.05, 0.1) is 15.8 Å². The highest BCUT2D eigenvalue weighted by atomic mass is 32.1. The van der Waals surface area contributed by atoms with Gasteiger partial charge in [-0.3, -0.25) is 4.79 Å². The molecule has 6 nitrogen and oxygen atoms in total. The molecule has 1 aromatic heterocycles. The van der Waals surface area contributed by atoms with Crippen LogP contribution in [0.4, 0.5) is 5.13 Å². The monoisotopic (exact) mass is 395 g/mol. The van der Waals surface area contributed by atoms with Crippen molar-refractivity contribution in [3.63, 3.8) is 0 Å².